The Balaban J connectivity index is 1.39. The molecule has 1 aliphatic rings. The zero-order valence-corrected chi connectivity index (χ0v) is 18.2. The first-order valence-corrected chi connectivity index (χ1v) is 10.6. The van der Waals surface area contributed by atoms with E-state index in [1.54, 1.807) is 7.11 Å². The van der Waals surface area contributed by atoms with Crippen LogP contribution in [0.3, 0.4) is 0 Å². The molecule has 0 aliphatic carbocycles. The maximum atomic E-state index is 13.2. The van der Waals surface area contributed by atoms with Crippen LogP contribution in [0.15, 0.2) is 54.6 Å². The van der Waals surface area contributed by atoms with E-state index in [1.165, 1.54) is 12.1 Å². The van der Waals surface area contributed by atoms with Gasteiger partial charge in [0.1, 0.15) is 11.6 Å². The molecule has 3 aromatic rings. The predicted molar refractivity (Wildman–Crippen MR) is 121 cm³/mol. The number of anilines is 1. The van der Waals surface area contributed by atoms with Crippen LogP contribution in [0, 0.1) is 25.6 Å². The second-order valence-corrected chi connectivity index (χ2v) is 8.11. The van der Waals surface area contributed by atoms with E-state index in [0.717, 1.165) is 48.0 Å². The van der Waals surface area contributed by atoms with Crippen LogP contribution in [-0.2, 0) is 0 Å². The fourth-order valence-corrected chi connectivity index (χ4v) is 4.34. The summed E-state index contributed by atoms with van der Waals surface area (Å²) in [4.78, 5) is 15.2. The summed E-state index contributed by atoms with van der Waals surface area (Å²) in [6.45, 7) is 6.38. The first-order chi connectivity index (χ1) is 15.0. The largest absolute Gasteiger partial charge is 0.497 e. The standard InChI is InChI=1S/C25H28FN3O2/c1-17-14-24(18(2)29(17)22-8-10-23(31-3)11-9-22)25(30)27-15-19-12-13-28(16-19)21-6-4-20(26)5-7-21/h4-11,14,19H,12-13,15-16H2,1-3H3,(H,27,30). The van der Waals surface area contributed by atoms with Gasteiger partial charge in [-0.05, 0) is 80.8 Å². The number of hydrogen-bond donors (Lipinski definition) is 1. The van der Waals surface area contributed by atoms with Crippen LogP contribution in [0.2, 0.25) is 0 Å². The molecule has 1 unspecified atom stereocenters. The number of ether oxygens (including phenoxy) is 1. The number of amides is 1. The van der Waals surface area contributed by atoms with Gasteiger partial charge in [0.2, 0.25) is 0 Å². The van der Waals surface area contributed by atoms with Crippen molar-refractivity contribution in [2.24, 2.45) is 5.92 Å². The summed E-state index contributed by atoms with van der Waals surface area (Å²) < 4.78 is 20.5. The van der Waals surface area contributed by atoms with Gasteiger partial charge in [0.15, 0.2) is 0 Å². The van der Waals surface area contributed by atoms with Gasteiger partial charge < -0.3 is 19.5 Å². The lowest BCUT2D eigenvalue weighted by Crippen LogP contribution is -2.31. The third kappa shape index (κ3) is 4.43. The van der Waals surface area contributed by atoms with Gasteiger partial charge in [0, 0.05) is 42.4 Å². The third-order valence-electron chi connectivity index (χ3n) is 6.04. The summed E-state index contributed by atoms with van der Waals surface area (Å²) in [5.41, 5.74) is 4.65. The Morgan fingerprint density at radius 2 is 1.77 bits per heavy atom. The maximum Gasteiger partial charge on any atom is 0.253 e. The first-order valence-electron chi connectivity index (χ1n) is 10.6. The SMILES string of the molecule is COc1ccc(-n2c(C)cc(C(=O)NCC3CCN(c4ccc(F)cc4)C3)c2C)cc1. The van der Waals surface area contributed by atoms with Gasteiger partial charge in [-0.1, -0.05) is 0 Å². The lowest BCUT2D eigenvalue weighted by molar-refractivity contribution is 0.0947. The van der Waals surface area contributed by atoms with Gasteiger partial charge in [-0.2, -0.15) is 0 Å². The Morgan fingerprint density at radius 3 is 2.45 bits per heavy atom. The number of rotatable bonds is 6. The number of methoxy groups -OCH3 is 1. The number of aromatic nitrogens is 1. The predicted octanol–water partition coefficient (Wildman–Crippen LogP) is 4.50. The number of carbonyl (C=O) groups is 1. The Morgan fingerprint density at radius 1 is 1.10 bits per heavy atom. The molecule has 5 nitrogen and oxygen atoms in total. The molecule has 0 spiro atoms. The highest BCUT2D eigenvalue weighted by Crippen LogP contribution is 2.25. The summed E-state index contributed by atoms with van der Waals surface area (Å²) >= 11 is 0. The van der Waals surface area contributed by atoms with E-state index in [2.05, 4.69) is 14.8 Å². The van der Waals surface area contributed by atoms with Gasteiger partial charge in [0.25, 0.3) is 5.91 Å². The van der Waals surface area contributed by atoms with Crippen molar-refractivity contribution in [3.05, 3.63) is 77.4 Å². The highest BCUT2D eigenvalue weighted by atomic mass is 19.1. The normalized spacial score (nSPS) is 15.9. The number of benzene rings is 2. The van der Waals surface area contributed by atoms with E-state index in [0.29, 0.717) is 18.0 Å². The highest BCUT2D eigenvalue weighted by Gasteiger charge is 2.24. The minimum absolute atomic E-state index is 0.0481. The second kappa shape index (κ2) is 8.84. The molecule has 4 rings (SSSR count). The highest BCUT2D eigenvalue weighted by molar-refractivity contribution is 5.96. The lowest BCUT2D eigenvalue weighted by atomic mass is 10.1. The summed E-state index contributed by atoms with van der Waals surface area (Å²) in [6.07, 6.45) is 1.00. The molecule has 31 heavy (non-hydrogen) atoms. The minimum Gasteiger partial charge on any atom is -0.497 e. The van der Waals surface area contributed by atoms with Crippen molar-refractivity contribution >= 4 is 11.6 Å². The number of carbonyl (C=O) groups excluding carboxylic acids is 1. The Bertz CT molecular complexity index is 1060. The Labute approximate surface area is 182 Å². The van der Waals surface area contributed by atoms with Crippen LogP contribution in [0.1, 0.15) is 28.2 Å². The van der Waals surface area contributed by atoms with Crippen molar-refractivity contribution in [2.45, 2.75) is 20.3 Å². The van der Waals surface area contributed by atoms with E-state index >= 15 is 0 Å². The molecule has 0 saturated carbocycles. The topological polar surface area (TPSA) is 46.5 Å². The molecule has 1 aromatic heterocycles. The molecular weight excluding hydrogens is 393 g/mol. The summed E-state index contributed by atoms with van der Waals surface area (Å²) in [6, 6.07) is 16.4. The number of hydrogen-bond acceptors (Lipinski definition) is 3. The van der Waals surface area contributed by atoms with Crippen molar-refractivity contribution < 1.29 is 13.9 Å². The van der Waals surface area contributed by atoms with E-state index < -0.39 is 0 Å². The van der Waals surface area contributed by atoms with Gasteiger partial charge in [0.05, 0.1) is 12.7 Å². The second-order valence-electron chi connectivity index (χ2n) is 8.11. The van der Waals surface area contributed by atoms with E-state index in [4.69, 9.17) is 4.74 Å². The molecule has 6 heteroatoms. The zero-order chi connectivity index (χ0) is 22.0. The van der Waals surface area contributed by atoms with Crippen molar-refractivity contribution in [3.63, 3.8) is 0 Å². The molecule has 1 fully saturated rings. The van der Waals surface area contributed by atoms with E-state index in [-0.39, 0.29) is 11.7 Å². The zero-order valence-electron chi connectivity index (χ0n) is 18.2. The fraction of sp³-hybridized carbons (Fsp3) is 0.320. The van der Waals surface area contributed by atoms with Crippen LogP contribution >= 0.6 is 0 Å². The summed E-state index contributed by atoms with van der Waals surface area (Å²) in [5, 5.41) is 3.11. The van der Waals surface area contributed by atoms with E-state index in [9.17, 15) is 9.18 Å². The molecular formula is C25H28FN3O2. The average molecular weight is 422 g/mol. The van der Waals surface area contributed by atoms with Gasteiger partial charge in [-0.3, -0.25) is 4.79 Å². The van der Waals surface area contributed by atoms with Crippen LogP contribution in [0.5, 0.6) is 5.75 Å². The molecule has 2 aromatic carbocycles. The molecule has 1 aliphatic heterocycles. The molecule has 162 valence electrons. The number of aryl methyl sites for hydroxylation is 1. The molecule has 0 bridgehead atoms. The van der Waals surface area contributed by atoms with Crippen molar-refractivity contribution in [3.8, 4) is 11.4 Å². The van der Waals surface area contributed by atoms with E-state index in [1.807, 2.05) is 56.3 Å². The number of halogens is 1. The van der Waals surface area contributed by atoms with Gasteiger partial charge in [-0.15, -0.1) is 0 Å². The maximum absolute atomic E-state index is 13.2. The average Bonchev–Trinajstić information content (AvgIpc) is 3.37. The molecule has 0 radical (unpaired) electrons. The Kier molecular flexibility index (Phi) is 5.98. The quantitative estimate of drug-likeness (QED) is 0.638. The van der Waals surface area contributed by atoms with Crippen LogP contribution in [-0.4, -0.2) is 37.2 Å². The van der Waals surface area contributed by atoms with Crippen LogP contribution < -0.4 is 15.0 Å². The smallest absolute Gasteiger partial charge is 0.253 e. The molecule has 1 saturated heterocycles. The Hall–Kier alpha value is -3.28. The monoisotopic (exact) mass is 421 g/mol. The summed E-state index contributed by atoms with van der Waals surface area (Å²) in [5.74, 6) is 0.904. The summed E-state index contributed by atoms with van der Waals surface area (Å²) in [7, 11) is 1.65. The van der Waals surface area contributed by atoms with Crippen molar-refractivity contribution in [2.75, 3.05) is 31.6 Å². The fourth-order valence-electron chi connectivity index (χ4n) is 4.34. The number of nitrogens with one attached hydrogen (secondary N) is 1. The van der Waals surface area contributed by atoms with Crippen molar-refractivity contribution in [1.29, 1.82) is 0 Å². The molecule has 2 heterocycles. The molecule has 1 amide bonds. The number of nitrogens with zero attached hydrogens (tertiary/aromatic N) is 2. The molecule has 1 N–H and O–H groups in total. The molecule has 1 atom stereocenters. The van der Waals surface area contributed by atoms with Gasteiger partial charge >= 0.3 is 0 Å². The lowest BCUT2D eigenvalue weighted by Gasteiger charge is -2.19. The third-order valence-corrected chi connectivity index (χ3v) is 6.04. The first kappa shape index (κ1) is 21.0. The van der Waals surface area contributed by atoms with Crippen molar-refractivity contribution in [1.82, 2.24) is 9.88 Å². The van der Waals surface area contributed by atoms with Gasteiger partial charge in [-0.25, -0.2) is 4.39 Å². The van der Waals surface area contributed by atoms with Crippen LogP contribution in [0.25, 0.3) is 5.69 Å². The van der Waals surface area contributed by atoms with Crippen LogP contribution in [0.4, 0.5) is 10.1 Å². The minimum atomic E-state index is -0.223.